The van der Waals surface area contributed by atoms with E-state index in [-0.39, 0.29) is 11.7 Å². The highest BCUT2D eigenvalue weighted by Gasteiger charge is 2.35. The van der Waals surface area contributed by atoms with Crippen LogP contribution in [0.5, 0.6) is 5.75 Å². The summed E-state index contributed by atoms with van der Waals surface area (Å²) >= 11 is 0. The minimum Gasteiger partial charge on any atom is -0.490 e. The minimum absolute atomic E-state index is 0.0861. The summed E-state index contributed by atoms with van der Waals surface area (Å²) in [4.78, 5) is 0. The standard InChI is InChI=1S/C34H54F2OSi/c1-3-5-6-7-8-9-10-23-37-32-20-19-31(33(35)34(32)36)30-17-15-27(16-18-30)26-11-13-28(14-12-26)29-21-24-38(4-2)25-22-29/h4,19-20,26-30,38H,2-3,5-18,21-25H2,1H3. The molecule has 2 aliphatic carbocycles. The third-order valence-electron chi connectivity index (χ3n) is 10.6. The number of rotatable bonds is 13. The Balaban J connectivity index is 1.17. The first-order valence-corrected chi connectivity index (χ1v) is 18.6. The highest BCUT2D eigenvalue weighted by molar-refractivity contribution is 6.64. The number of halogens is 2. The van der Waals surface area contributed by atoms with Crippen molar-refractivity contribution in [3.05, 3.63) is 41.6 Å². The molecule has 1 saturated heterocycles. The Bertz CT molecular complexity index is 833. The minimum atomic E-state index is -0.782. The lowest BCUT2D eigenvalue weighted by Crippen LogP contribution is -2.30. The molecule has 0 amide bonds. The summed E-state index contributed by atoms with van der Waals surface area (Å²) in [6.45, 7) is 6.75. The van der Waals surface area contributed by atoms with Crippen LogP contribution in [0.1, 0.15) is 128 Å². The fourth-order valence-electron chi connectivity index (χ4n) is 8.06. The van der Waals surface area contributed by atoms with Crippen molar-refractivity contribution in [2.24, 2.45) is 23.7 Å². The smallest absolute Gasteiger partial charge is 0.200 e. The maximum Gasteiger partial charge on any atom is 0.200 e. The van der Waals surface area contributed by atoms with Gasteiger partial charge in [-0.2, -0.15) is 4.39 Å². The monoisotopic (exact) mass is 544 g/mol. The molecule has 1 heterocycles. The molecule has 214 valence electrons. The van der Waals surface area contributed by atoms with Crippen molar-refractivity contribution in [1.29, 1.82) is 0 Å². The molecule has 2 saturated carbocycles. The summed E-state index contributed by atoms with van der Waals surface area (Å²) < 4.78 is 35.5. The second-order valence-electron chi connectivity index (χ2n) is 12.9. The molecule has 4 heteroatoms. The first-order valence-electron chi connectivity index (χ1n) is 16.3. The molecule has 4 rings (SSSR count). The van der Waals surface area contributed by atoms with E-state index in [2.05, 4.69) is 19.2 Å². The summed E-state index contributed by atoms with van der Waals surface area (Å²) in [6, 6.07) is 6.45. The van der Waals surface area contributed by atoms with Crippen molar-refractivity contribution in [3.63, 3.8) is 0 Å². The molecular formula is C34H54F2OSi. The van der Waals surface area contributed by atoms with Gasteiger partial charge in [-0.3, -0.25) is 0 Å². The summed E-state index contributed by atoms with van der Waals surface area (Å²) in [7, 11) is -0.582. The van der Waals surface area contributed by atoms with Crippen molar-refractivity contribution in [3.8, 4) is 5.75 Å². The normalized spacial score (nSPS) is 30.2. The Morgan fingerprint density at radius 2 is 1.26 bits per heavy atom. The van der Waals surface area contributed by atoms with Crippen LogP contribution in [0.3, 0.4) is 0 Å². The summed E-state index contributed by atoms with van der Waals surface area (Å²) in [6.07, 6.45) is 21.2. The fraction of sp³-hybridized carbons (Fsp3) is 0.765. The van der Waals surface area contributed by atoms with Gasteiger partial charge in [0.25, 0.3) is 0 Å². The van der Waals surface area contributed by atoms with Crippen molar-refractivity contribution >= 4 is 8.80 Å². The van der Waals surface area contributed by atoms with Gasteiger partial charge in [-0.05, 0) is 99.0 Å². The van der Waals surface area contributed by atoms with Crippen molar-refractivity contribution in [2.75, 3.05) is 6.61 Å². The van der Waals surface area contributed by atoms with Gasteiger partial charge < -0.3 is 4.74 Å². The van der Waals surface area contributed by atoms with Crippen LogP contribution in [0.15, 0.2) is 24.4 Å². The Kier molecular flexibility index (Phi) is 12.2. The summed E-state index contributed by atoms with van der Waals surface area (Å²) in [5.41, 5.74) is 2.88. The van der Waals surface area contributed by atoms with Crippen LogP contribution in [0.2, 0.25) is 12.1 Å². The third-order valence-corrected chi connectivity index (χ3v) is 13.4. The predicted molar refractivity (Wildman–Crippen MR) is 160 cm³/mol. The lowest BCUT2D eigenvalue weighted by atomic mass is 9.66. The molecule has 1 aromatic carbocycles. The molecule has 1 aliphatic heterocycles. The Labute approximate surface area is 233 Å². The van der Waals surface area contributed by atoms with E-state index in [0.717, 1.165) is 49.4 Å². The van der Waals surface area contributed by atoms with Crippen LogP contribution in [0.25, 0.3) is 0 Å². The van der Waals surface area contributed by atoms with E-state index in [0.29, 0.717) is 12.2 Å². The molecule has 0 atom stereocenters. The zero-order valence-corrected chi connectivity index (χ0v) is 25.4. The van der Waals surface area contributed by atoms with Crippen molar-refractivity contribution < 1.29 is 13.5 Å². The molecule has 1 nitrogen and oxygen atoms in total. The van der Waals surface area contributed by atoms with Crippen molar-refractivity contribution in [1.82, 2.24) is 0 Å². The molecule has 3 aliphatic rings. The SMILES string of the molecule is C=C[SiH]1CCC(C2CCC(C3CCC(c4ccc(OCCCCCCCCC)c(F)c4F)CC3)CC2)CC1. The highest BCUT2D eigenvalue weighted by atomic mass is 28.3. The Morgan fingerprint density at radius 3 is 1.84 bits per heavy atom. The van der Waals surface area contributed by atoms with E-state index in [9.17, 15) is 4.39 Å². The van der Waals surface area contributed by atoms with Crippen LogP contribution in [0, 0.1) is 35.3 Å². The van der Waals surface area contributed by atoms with Gasteiger partial charge in [0.1, 0.15) is 0 Å². The Hall–Kier alpha value is -1.16. The highest BCUT2D eigenvalue weighted by Crippen LogP contribution is 2.47. The largest absolute Gasteiger partial charge is 0.490 e. The van der Waals surface area contributed by atoms with Crippen LogP contribution in [0.4, 0.5) is 8.78 Å². The Morgan fingerprint density at radius 1 is 0.737 bits per heavy atom. The second kappa shape index (κ2) is 15.6. The zero-order valence-electron chi connectivity index (χ0n) is 24.2. The topological polar surface area (TPSA) is 9.23 Å². The summed E-state index contributed by atoms with van der Waals surface area (Å²) in [5, 5.41) is 0. The maximum absolute atomic E-state index is 15.1. The zero-order chi connectivity index (χ0) is 26.7. The van der Waals surface area contributed by atoms with E-state index < -0.39 is 20.4 Å². The molecule has 0 spiro atoms. The van der Waals surface area contributed by atoms with E-state index in [4.69, 9.17) is 4.74 Å². The average Bonchev–Trinajstić information content (AvgIpc) is 2.97. The number of benzene rings is 1. The van der Waals surface area contributed by atoms with Gasteiger partial charge >= 0.3 is 0 Å². The fourth-order valence-corrected chi connectivity index (χ4v) is 10.5. The van der Waals surface area contributed by atoms with Crippen molar-refractivity contribution in [2.45, 2.75) is 134 Å². The lowest BCUT2D eigenvalue weighted by Gasteiger charge is -2.41. The van der Waals surface area contributed by atoms with Gasteiger partial charge in [-0.25, -0.2) is 4.39 Å². The number of hydrogen-bond acceptors (Lipinski definition) is 1. The van der Waals surface area contributed by atoms with Crippen LogP contribution in [-0.4, -0.2) is 15.4 Å². The number of unbranched alkanes of at least 4 members (excludes halogenated alkanes) is 6. The van der Waals surface area contributed by atoms with E-state index in [1.807, 2.05) is 0 Å². The number of hydrogen-bond donors (Lipinski definition) is 0. The summed E-state index contributed by atoms with van der Waals surface area (Å²) in [5.74, 6) is 2.38. The van der Waals surface area contributed by atoms with Crippen LogP contribution >= 0.6 is 0 Å². The quantitative estimate of drug-likeness (QED) is 0.177. The van der Waals surface area contributed by atoms with Gasteiger partial charge in [-0.1, -0.05) is 76.4 Å². The number of ether oxygens (including phenoxy) is 1. The molecule has 0 unspecified atom stereocenters. The van der Waals surface area contributed by atoms with E-state index >= 15 is 4.39 Å². The molecule has 1 aromatic rings. The first-order chi connectivity index (χ1) is 18.6. The van der Waals surface area contributed by atoms with Gasteiger partial charge in [0, 0.05) is 0 Å². The average molecular weight is 545 g/mol. The maximum atomic E-state index is 15.1. The predicted octanol–water partition coefficient (Wildman–Crippen LogP) is 10.5. The van der Waals surface area contributed by atoms with E-state index in [1.165, 1.54) is 95.6 Å². The molecule has 3 fully saturated rings. The second-order valence-corrected chi connectivity index (χ2v) is 16.1. The molecule has 0 bridgehead atoms. The lowest BCUT2D eigenvalue weighted by molar-refractivity contribution is 0.129. The first kappa shape index (κ1) is 29.8. The molecule has 38 heavy (non-hydrogen) atoms. The van der Waals surface area contributed by atoms with Gasteiger partial charge in [-0.15, -0.1) is 12.3 Å². The molecule has 0 N–H and O–H groups in total. The third kappa shape index (κ3) is 8.18. The van der Waals surface area contributed by atoms with Gasteiger partial charge in [0.2, 0.25) is 5.82 Å². The van der Waals surface area contributed by atoms with Gasteiger partial charge in [0.15, 0.2) is 11.6 Å². The molecule has 0 radical (unpaired) electrons. The van der Waals surface area contributed by atoms with Crippen LogP contribution in [-0.2, 0) is 0 Å². The molecular weight excluding hydrogens is 490 g/mol. The van der Waals surface area contributed by atoms with Crippen LogP contribution < -0.4 is 4.74 Å². The van der Waals surface area contributed by atoms with E-state index in [1.54, 1.807) is 12.1 Å². The molecule has 0 aromatic heterocycles. The van der Waals surface area contributed by atoms with Gasteiger partial charge in [0.05, 0.1) is 15.4 Å².